The molecule has 1 unspecified atom stereocenters. The second-order valence-corrected chi connectivity index (χ2v) is 6.43. The fourth-order valence-corrected chi connectivity index (χ4v) is 2.17. The van der Waals surface area contributed by atoms with E-state index in [0.29, 0.717) is 5.92 Å². The molecule has 0 saturated carbocycles. The van der Waals surface area contributed by atoms with E-state index in [0.717, 1.165) is 5.75 Å². The van der Waals surface area contributed by atoms with Crippen LogP contribution in [0.15, 0.2) is 12.1 Å². The fourth-order valence-electron chi connectivity index (χ4n) is 2.17. The van der Waals surface area contributed by atoms with Crippen molar-refractivity contribution in [1.29, 1.82) is 0 Å². The second-order valence-electron chi connectivity index (χ2n) is 6.43. The smallest absolute Gasteiger partial charge is 0.122 e. The molecule has 0 bridgehead atoms. The molecule has 1 aromatic carbocycles. The lowest BCUT2D eigenvalue weighted by Gasteiger charge is -2.26. The molecular formula is C16H27NO. The van der Waals surface area contributed by atoms with Gasteiger partial charge in [-0.2, -0.15) is 0 Å². The van der Waals surface area contributed by atoms with Crippen LogP contribution in [-0.4, -0.2) is 7.11 Å². The van der Waals surface area contributed by atoms with Gasteiger partial charge in [-0.3, -0.25) is 0 Å². The summed E-state index contributed by atoms with van der Waals surface area (Å²) < 4.78 is 5.51. The van der Waals surface area contributed by atoms with Crippen LogP contribution in [0.3, 0.4) is 0 Å². The average molecular weight is 249 g/mol. The fraction of sp³-hybridized carbons (Fsp3) is 0.625. The second kappa shape index (κ2) is 5.31. The van der Waals surface area contributed by atoms with Gasteiger partial charge in [0.05, 0.1) is 7.11 Å². The van der Waals surface area contributed by atoms with Crippen molar-refractivity contribution in [3.8, 4) is 5.75 Å². The van der Waals surface area contributed by atoms with E-state index < -0.39 is 0 Å². The number of methoxy groups -OCH3 is 1. The summed E-state index contributed by atoms with van der Waals surface area (Å²) in [5, 5.41) is 0. The van der Waals surface area contributed by atoms with E-state index in [4.69, 9.17) is 10.5 Å². The Labute approximate surface area is 112 Å². The van der Waals surface area contributed by atoms with E-state index in [1.54, 1.807) is 7.11 Å². The van der Waals surface area contributed by atoms with E-state index in [9.17, 15) is 0 Å². The van der Waals surface area contributed by atoms with E-state index in [1.807, 2.05) is 0 Å². The summed E-state index contributed by atoms with van der Waals surface area (Å²) in [5.41, 5.74) is 10.0. The van der Waals surface area contributed by atoms with Crippen molar-refractivity contribution >= 4 is 0 Å². The van der Waals surface area contributed by atoms with Crippen LogP contribution >= 0.6 is 0 Å². The number of hydrogen-bond donors (Lipinski definition) is 1. The van der Waals surface area contributed by atoms with Gasteiger partial charge in [0.15, 0.2) is 0 Å². The predicted octanol–water partition coefficient (Wildman–Crippen LogP) is 3.96. The van der Waals surface area contributed by atoms with E-state index in [-0.39, 0.29) is 11.5 Å². The summed E-state index contributed by atoms with van der Waals surface area (Å²) in [7, 11) is 1.73. The summed E-state index contributed by atoms with van der Waals surface area (Å²) in [4.78, 5) is 0. The monoisotopic (exact) mass is 249 g/mol. The van der Waals surface area contributed by atoms with Crippen molar-refractivity contribution < 1.29 is 4.74 Å². The summed E-state index contributed by atoms with van der Waals surface area (Å²) in [6.07, 6.45) is 0. The van der Waals surface area contributed by atoms with Crippen molar-refractivity contribution in [2.45, 2.75) is 53.0 Å². The van der Waals surface area contributed by atoms with Gasteiger partial charge in [0.1, 0.15) is 5.75 Å². The zero-order valence-electron chi connectivity index (χ0n) is 12.8. The molecule has 0 heterocycles. The Balaban J connectivity index is 3.39. The maximum absolute atomic E-state index is 6.30. The third kappa shape index (κ3) is 3.05. The predicted molar refractivity (Wildman–Crippen MR) is 78.2 cm³/mol. The highest BCUT2D eigenvalue weighted by molar-refractivity contribution is 5.46. The van der Waals surface area contributed by atoms with Crippen LogP contribution in [0, 0.1) is 12.8 Å². The highest BCUT2D eigenvalue weighted by atomic mass is 16.5. The topological polar surface area (TPSA) is 35.2 Å². The van der Waals surface area contributed by atoms with Crippen LogP contribution < -0.4 is 10.5 Å². The SMILES string of the molecule is COc1cc(C)c(C(N)C(C)C)cc1C(C)(C)C. The normalized spacial score (nSPS) is 13.8. The van der Waals surface area contributed by atoms with Crippen molar-refractivity contribution in [2.75, 3.05) is 7.11 Å². The Morgan fingerprint density at radius 3 is 2.11 bits per heavy atom. The molecule has 18 heavy (non-hydrogen) atoms. The van der Waals surface area contributed by atoms with Crippen molar-refractivity contribution in [1.82, 2.24) is 0 Å². The van der Waals surface area contributed by atoms with Crippen LogP contribution in [0.5, 0.6) is 5.75 Å². The molecule has 0 aliphatic carbocycles. The molecule has 2 heteroatoms. The number of aryl methyl sites for hydroxylation is 1. The van der Waals surface area contributed by atoms with E-state index in [2.05, 4.69) is 53.7 Å². The van der Waals surface area contributed by atoms with Gasteiger partial charge in [0.25, 0.3) is 0 Å². The molecule has 0 aromatic heterocycles. The third-order valence-corrected chi connectivity index (χ3v) is 3.47. The largest absolute Gasteiger partial charge is 0.496 e. The first-order valence-electron chi connectivity index (χ1n) is 6.63. The maximum Gasteiger partial charge on any atom is 0.122 e. The molecule has 0 fully saturated rings. The lowest BCUT2D eigenvalue weighted by Crippen LogP contribution is -2.20. The molecule has 2 nitrogen and oxygen atoms in total. The summed E-state index contributed by atoms with van der Waals surface area (Å²) in [6, 6.07) is 4.41. The van der Waals surface area contributed by atoms with Crippen LogP contribution in [0.4, 0.5) is 0 Å². The first-order valence-corrected chi connectivity index (χ1v) is 6.63. The maximum atomic E-state index is 6.30. The highest BCUT2D eigenvalue weighted by Crippen LogP contribution is 2.36. The van der Waals surface area contributed by atoms with Gasteiger partial charge < -0.3 is 10.5 Å². The van der Waals surface area contributed by atoms with Crippen LogP contribution in [0.25, 0.3) is 0 Å². The molecular weight excluding hydrogens is 222 g/mol. The van der Waals surface area contributed by atoms with Gasteiger partial charge in [-0.25, -0.2) is 0 Å². The standard InChI is InChI=1S/C16H27NO/c1-10(2)15(17)12-9-13(16(4,5)6)14(18-7)8-11(12)3/h8-10,15H,17H2,1-7H3. The van der Waals surface area contributed by atoms with Crippen LogP contribution in [0.1, 0.15) is 57.4 Å². The summed E-state index contributed by atoms with van der Waals surface area (Å²) in [5.74, 6) is 1.39. The van der Waals surface area contributed by atoms with E-state index in [1.165, 1.54) is 16.7 Å². The molecule has 1 atom stereocenters. The van der Waals surface area contributed by atoms with Gasteiger partial charge in [-0.15, -0.1) is 0 Å². The van der Waals surface area contributed by atoms with Gasteiger partial charge in [0, 0.05) is 6.04 Å². The minimum atomic E-state index is 0.0600. The average Bonchev–Trinajstić information content (AvgIpc) is 2.25. The quantitative estimate of drug-likeness (QED) is 0.880. The van der Waals surface area contributed by atoms with Gasteiger partial charge in [-0.1, -0.05) is 34.6 Å². The summed E-state index contributed by atoms with van der Waals surface area (Å²) >= 11 is 0. The molecule has 0 amide bonds. The lowest BCUT2D eigenvalue weighted by molar-refractivity contribution is 0.396. The van der Waals surface area contributed by atoms with E-state index >= 15 is 0 Å². The molecule has 0 saturated heterocycles. The van der Waals surface area contributed by atoms with Crippen LogP contribution in [0.2, 0.25) is 0 Å². The Bertz CT molecular complexity index is 416. The first-order chi connectivity index (χ1) is 8.18. The molecule has 2 N–H and O–H groups in total. The van der Waals surface area contributed by atoms with Crippen molar-refractivity contribution in [3.05, 3.63) is 28.8 Å². The molecule has 102 valence electrons. The van der Waals surface area contributed by atoms with Crippen LogP contribution in [-0.2, 0) is 5.41 Å². The van der Waals surface area contributed by atoms with Gasteiger partial charge >= 0.3 is 0 Å². The molecule has 1 aromatic rings. The highest BCUT2D eigenvalue weighted by Gasteiger charge is 2.22. The molecule has 1 rings (SSSR count). The Morgan fingerprint density at radius 2 is 1.72 bits per heavy atom. The third-order valence-electron chi connectivity index (χ3n) is 3.47. The Hall–Kier alpha value is -1.02. The van der Waals surface area contributed by atoms with Gasteiger partial charge in [-0.05, 0) is 47.1 Å². The first kappa shape index (κ1) is 15.0. The Kier molecular flexibility index (Phi) is 4.44. The lowest BCUT2D eigenvalue weighted by atomic mass is 9.82. The van der Waals surface area contributed by atoms with Crippen molar-refractivity contribution in [3.63, 3.8) is 0 Å². The van der Waals surface area contributed by atoms with Crippen molar-refractivity contribution in [2.24, 2.45) is 11.7 Å². The van der Waals surface area contributed by atoms with Gasteiger partial charge in [0.2, 0.25) is 0 Å². The summed E-state index contributed by atoms with van der Waals surface area (Å²) in [6.45, 7) is 13.0. The Morgan fingerprint density at radius 1 is 1.17 bits per heavy atom. The molecule has 0 aliphatic rings. The zero-order chi connectivity index (χ0) is 14.1. The molecule has 0 aliphatic heterocycles. The minimum Gasteiger partial charge on any atom is -0.496 e. The number of benzene rings is 1. The zero-order valence-corrected chi connectivity index (χ0v) is 12.8. The minimum absolute atomic E-state index is 0.0600. The molecule has 0 radical (unpaired) electrons. The number of ether oxygens (including phenoxy) is 1. The number of nitrogens with two attached hydrogens (primary N) is 1. The number of rotatable bonds is 3. The molecule has 0 spiro atoms. The number of hydrogen-bond acceptors (Lipinski definition) is 2.